The normalized spacial score (nSPS) is 17.5. The molecule has 2 heterocycles. The first kappa shape index (κ1) is 18.1. The zero-order chi connectivity index (χ0) is 16.8. The molecule has 1 atom stereocenters. The van der Waals surface area contributed by atoms with E-state index in [0.717, 1.165) is 44.1 Å². The molecule has 1 aliphatic heterocycles. The second-order valence-corrected chi connectivity index (χ2v) is 6.74. The van der Waals surface area contributed by atoms with Gasteiger partial charge < -0.3 is 15.2 Å². The number of aryl methyl sites for hydroxylation is 2. The highest BCUT2D eigenvalue weighted by Gasteiger charge is 2.15. The molecule has 0 spiro atoms. The van der Waals surface area contributed by atoms with Crippen LogP contribution in [0.5, 0.6) is 0 Å². The van der Waals surface area contributed by atoms with Gasteiger partial charge in [0.15, 0.2) is 0 Å². The average molecular weight is 322 g/mol. The van der Waals surface area contributed by atoms with Crippen LogP contribution in [0, 0.1) is 19.8 Å². The molecule has 1 saturated heterocycles. The van der Waals surface area contributed by atoms with E-state index in [2.05, 4.69) is 34.0 Å². The summed E-state index contributed by atoms with van der Waals surface area (Å²) in [7, 11) is 0. The van der Waals surface area contributed by atoms with Crippen LogP contribution < -0.4 is 5.32 Å². The van der Waals surface area contributed by atoms with Gasteiger partial charge in [0.05, 0.1) is 19.3 Å². The second kappa shape index (κ2) is 8.57. The van der Waals surface area contributed by atoms with Gasteiger partial charge >= 0.3 is 0 Å². The Bertz CT molecular complexity index is 478. The maximum Gasteiger partial charge on any atom is 0.223 e. The van der Waals surface area contributed by atoms with Gasteiger partial charge in [-0.2, -0.15) is 0 Å². The number of aromatic nitrogens is 2. The Morgan fingerprint density at radius 3 is 2.35 bits per heavy atom. The van der Waals surface area contributed by atoms with Gasteiger partial charge in [0, 0.05) is 37.6 Å². The number of β-amino-alcohol motifs (C(OH)–C–C–N with tert-alkyl or cyclic N) is 1. The predicted octanol–water partition coefficient (Wildman–Crippen LogP) is 1.40. The SMILES string of the molecule is Cc1nc(NCC(O)CN2CCOCC2)nc(C)c1CC(C)C. The van der Waals surface area contributed by atoms with Gasteiger partial charge in [-0.15, -0.1) is 0 Å². The molecular formula is C17H30N4O2. The highest BCUT2D eigenvalue weighted by Crippen LogP contribution is 2.16. The summed E-state index contributed by atoms with van der Waals surface area (Å²) in [6, 6.07) is 0. The largest absolute Gasteiger partial charge is 0.390 e. The molecule has 0 aliphatic carbocycles. The molecule has 1 aromatic heterocycles. The number of rotatable bonds is 7. The number of anilines is 1. The molecule has 0 radical (unpaired) electrons. The number of hydrogen-bond acceptors (Lipinski definition) is 6. The summed E-state index contributed by atoms with van der Waals surface area (Å²) in [6.07, 6.45) is 0.560. The third kappa shape index (κ3) is 5.71. The minimum absolute atomic E-state index is 0.437. The van der Waals surface area contributed by atoms with E-state index in [1.54, 1.807) is 0 Å². The molecule has 0 saturated carbocycles. The van der Waals surface area contributed by atoms with Crippen LogP contribution in [-0.2, 0) is 11.2 Å². The van der Waals surface area contributed by atoms with Crippen LogP contribution in [-0.4, -0.2) is 65.5 Å². The number of morpholine rings is 1. The van der Waals surface area contributed by atoms with Crippen molar-refractivity contribution in [3.63, 3.8) is 0 Å². The minimum Gasteiger partial charge on any atom is -0.390 e. The van der Waals surface area contributed by atoms with Crippen molar-refractivity contribution < 1.29 is 9.84 Å². The molecule has 1 unspecified atom stereocenters. The maximum absolute atomic E-state index is 10.2. The van der Waals surface area contributed by atoms with E-state index < -0.39 is 6.10 Å². The molecule has 6 heteroatoms. The van der Waals surface area contributed by atoms with Crippen molar-refractivity contribution in [2.24, 2.45) is 5.92 Å². The first-order chi connectivity index (χ1) is 11.0. The molecule has 1 aliphatic rings. The van der Waals surface area contributed by atoms with Crippen LogP contribution >= 0.6 is 0 Å². The highest BCUT2D eigenvalue weighted by atomic mass is 16.5. The molecule has 2 rings (SSSR count). The van der Waals surface area contributed by atoms with Gasteiger partial charge in [0.25, 0.3) is 0 Å². The number of aliphatic hydroxyl groups excluding tert-OH is 1. The summed E-state index contributed by atoms with van der Waals surface area (Å²) in [5, 5.41) is 13.3. The minimum atomic E-state index is -0.437. The van der Waals surface area contributed by atoms with E-state index in [1.807, 2.05) is 13.8 Å². The standard InChI is InChI=1S/C17H30N4O2/c1-12(2)9-16-13(3)19-17(20-14(16)4)18-10-15(22)11-21-5-7-23-8-6-21/h12,15,22H,5-11H2,1-4H3,(H,18,19,20). The topological polar surface area (TPSA) is 70.5 Å². The van der Waals surface area contributed by atoms with E-state index in [1.165, 1.54) is 5.56 Å². The van der Waals surface area contributed by atoms with Crippen molar-refractivity contribution >= 4 is 5.95 Å². The fourth-order valence-electron chi connectivity index (χ4n) is 2.88. The molecule has 23 heavy (non-hydrogen) atoms. The van der Waals surface area contributed by atoms with Crippen LogP contribution in [0.1, 0.15) is 30.8 Å². The van der Waals surface area contributed by atoms with Crippen molar-refractivity contribution in [1.29, 1.82) is 0 Å². The summed E-state index contributed by atoms with van der Waals surface area (Å²) in [5.74, 6) is 1.19. The monoisotopic (exact) mass is 322 g/mol. The molecule has 0 aromatic carbocycles. The number of hydrogen-bond donors (Lipinski definition) is 2. The number of nitrogens with zero attached hydrogens (tertiary/aromatic N) is 3. The fraction of sp³-hybridized carbons (Fsp3) is 0.765. The Hall–Kier alpha value is -1.24. The Morgan fingerprint density at radius 2 is 1.78 bits per heavy atom. The van der Waals surface area contributed by atoms with Gasteiger partial charge in [0.1, 0.15) is 0 Å². The van der Waals surface area contributed by atoms with E-state index in [9.17, 15) is 5.11 Å². The summed E-state index contributed by atoms with van der Waals surface area (Å²) in [4.78, 5) is 11.3. The maximum atomic E-state index is 10.2. The lowest BCUT2D eigenvalue weighted by Gasteiger charge is -2.28. The zero-order valence-electron chi connectivity index (χ0n) is 14.8. The quantitative estimate of drug-likeness (QED) is 0.791. The summed E-state index contributed by atoms with van der Waals surface area (Å²) in [5.41, 5.74) is 3.28. The number of nitrogens with one attached hydrogen (secondary N) is 1. The van der Waals surface area contributed by atoms with Gasteiger partial charge in [-0.05, 0) is 31.7 Å². The molecule has 2 N–H and O–H groups in total. The summed E-state index contributed by atoms with van der Waals surface area (Å²) < 4.78 is 5.32. The number of aliphatic hydroxyl groups is 1. The van der Waals surface area contributed by atoms with Crippen molar-refractivity contribution in [2.75, 3.05) is 44.7 Å². The average Bonchev–Trinajstić information content (AvgIpc) is 2.50. The number of ether oxygens (including phenoxy) is 1. The van der Waals surface area contributed by atoms with Crippen LogP contribution in [0.3, 0.4) is 0 Å². The smallest absolute Gasteiger partial charge is 0.223 e. The highest BCUT2D eigenvalue weighted by molar-refractivity contribution is 5.34. The van der Waals surface area contributed by atoms with E-state index in [-0.39, 0.29) is 0 Å². The van der Waals surface area contributed by atoms with Crippen LogP contribution in [0.2, 0.25) is 0 Å². The van der Waals surface area contributed by atoms with E-state index in [0.29, 0.717) is 25.0 Å². The molecule has 130 valence electrons. The van der Waals surface area contributed by atoms with Crippen LogP contribution in [0.4, 0.5) is 5.95 Å². The second-order valence-electron chi connectivity index (χ2n) is 6.74. The third-order valence-corrected chi connectivity index (χ3v) is 4.10. The lowest BCUT2D eigenvalue weighted by atomic mass is 10.0. The van der Waals surface area contributed by atoms with Crippen LogP contribution in [0.15, 0.2) is 0 Å². The predicted molar refractivity (Wildman–Crippen MR) is 91.8 cm³/mol. The van der Waals surface area contributed by atoms with Crippen molar-refractivity contribution in [2.45, 2.75) is 40.2 Å². The first-order valence-corrected chi connectivity index (χ1v) is 8.52. The lowest BCUT2D eigenvalue weighted by molar-refractivity contribution is 0.0171. The van der Waals surface area contributed by atoms with E-state index in [4.69, 9.17) is 4.74 Å². The molecular weight excluding hydrogens is 292 g/mol. The van der Waals surface area contributed by atoms with Gasteiger partial charge in [-0.1, -0.05) is 13.8 Å². The zero-order valence-corrected chi connectivity index (χ0v) is 14.8. The lowest BCUT2D eigenvalue weighted by Crippen LogP contribution is -2.42. The molecule has 6 nitrogen and oxygen atoms in total. The summed E-state index contributed by atoms with van der Waals surface area (Å²) in [6.45, 7) is 12.8. The van der Waals surface area contributed by atoms with Crippen molar-refractivity contribution in [1.82, 2.24) is 14.9 Å². The molecule has 1 fully saturated rings. The molecule has 1 aromatic rings. The Balaban J connectivity index is 1.87. The Morgan fingerprint density at radius 1 is 1.17 bits per heavy atom. The van der Waals surface area contributed by atoms with Gasteiger partial charge in [-0.25, -0.2) is 9.97 Å². The van der Waals surface area contributed by atoms with Crippen molar-refractivity contribution in [3.8, 4) is 0 Å². The Kier molecular flexibility index (Phi) is 6.74. The van der Waals surface area contributed by atoms with Gasteiger partial charge in [0.2, 0.25) is 5.95 Å². The molecule has 0 bridgehead atoms. The first-order valence-electron chi connectivity index (χ1n) is 8.52. The molecule has 0 amide bonds. The fourth-order valence-corrected chi connectivity index (χ4v) is 2.88. The Labute approximate surface area is 139 Å². The van der Waals surface area contributed by atoms with Crippen molar-refractivity contribution in [3.05, 3.63) is 17.0 Å². The third-order valence-electron chi connectivity index (χ3n) is 4.10. The van der Waals surface area contributed by atoms with E-state index >= 15 is 0 Å². The van der Waals surface area contributed by atoms with Gasteiger partial charge in [-0.3, -0.25) is 4.90 Å². The summed E-state index contributed by atoms with van der Waals surface area (Å²) >= 11 is 0. The van der Waals surface area contributed by atoms with Crippen LogP contribution in [0.25, 0.3) is 0 Å².